The zero-order chi connectivity index (χ0) is 9.52. The summed E-state index contributed by atoms with van der Waals surface area (Å²) in [7, 11) is 0. The van der Waals surface area contributed by atoms with Crippen LogP contribution in [0.5, 0.6) is 5.75 Å². The molecule has 0 aliphatic rings. The lowest BCUT2D eigenvalue weighted by atomic mass is 10.2. The van der Waals surface area contributed by atoms with Gasteiger partial charge in [-0.25, -0.2) is 5.90 Å². The van der Waals surface area contributed by atoms with E-state index in [0.29, 0.717) is 13.2 Å². The number of rotatable bonds is 5. The van der Waals surface area contributed by atoms with Crippen molar-refractivity contribution < 1.29 is 14.7 Å². The largest absolute Gasteiger partial charge is 0.491 e. The van der Waals surface area contributed by atoms with E-state index < -0.39 is 0 Å². The van der Waals surface area contributed by atoms with Gasteiger partial charge in [-0.05, 0) is 17.7 Å². The van der Waals surface area contributed by atoms with Gasteiger partial charge in [-0.15, -0.1) is 0 Å². The molecule has 0 amide bonds. The highest BCUT2D eigenvalue weighted by atomic mass is 16.6. The van der Waals surface area contributed by atoms with Crippen molar-refractivity contribution in [2.24, 2.45) is 5.90 Å². The van der Waals surface area contributed by atoms with Crippen LogP contribution in [0.4, 0.5) is 0 Å². The summed E-state index contributed by atoms with van der Waals surface area (Å²) >= 11 is 0. The summed E-state index contributed by atoms with van der Waals surface area (Å²) in [4.78, 5) is 4.47. The SMILES string of the molecule is NOCc1ccc(OCCO)cc1. The van der Waals surface area contributed by atoms with E-state index in [1.165, 1.54) is 0 Å². The summed E-state index contributed by atoms with van der Waals surface area (Å²) in [6.45, 7) is 0.723. The fourth-order valence-electron chi connectivity index (χ4n) is 0.942. The molecule has 0 unspecified atom stereocenters. The van der Waals surface area contributed by atoms with Crippen molar-refractivity contribution in [2.75, 3.05) is 13.2 Å². The van der Waals surface area contributed by atoms with E-state index in [0.717, 1.165) is 11.3 Å². The molecule has 0 spiro atoms. The molecule has 1 rings (SSSR count). The molecule has 3 N–H and O–H groups in total. The van der Waals surface area contributed by atoms with Crippen LogP contribution in [0, 0.1) is 0 Å². The molecule has 4 heteroatoms. The van der Waals surface area contributed by atoms with Crippen molar-refractivity contribution in [3.8, 4) is 5.75 Å². The van der Waals surface area contributed by atoms with Gasteiger partial charge in [0.05, 0.1) is 13.2 Å². The Bertz CT molecular complexity index is 235. The summed E-state index contributed by atoms with van der Waals surface area (Å²) in [5.74, 6) is 5.65. The molecule has 0 aliphatic carbocycles. The van der Waals surface area contributed by atoms with Crippen LogP contribution in [-0.4, -0.2) is 18.3 Å². The Morgan fingerprint density at radius 1 is 1.23 bits per heavy atom. The van der Waals surface area contributed by atoms with Gasteiger partial charge < -0.3 is 9.84 Å². The van der Waals surface area contributed by atoms with Crippen LogP contribution < -0.4 is 10.6 Å². The molecule has 13 heavy (non-hydrogen) atoms. The van der Waals surface area contributed by atoms with Crippen LogP contribution in [0.1, 0.15) is 5.56 Å². The molecule has 0 radical (unpaired) electrons. The highest BCUT2D eigenvalue weighted by Gasteiger charge is 1.94. The smallest absolute Gasteiger partial charge is 0.119 e. The summed E-state index contributed by atoms with van der Waals surface area (Å²) in [5.41, 5.74) is 0.985. The lowest BCUT2D eigenvalue weighted by Crippen LogP contribution is -2.02. The molecule has 0 saturated heterocycles. The molecule has 0 atom stereocenters. The summed E-state index contributed by atoms with van der Waals surface area (Å²) < 4.78 is 5.17. The minimum atomic E-state index is 0.0215. The number of hydrogen-bond donors (Lipinski definition) is 2. The van der Waals surface area contributed by atoms with Crippen molar-refractivity contribution in [3.63, 3.8) is 0 Å². The minimum absolute atomic E-state index is 0.0215. The van der Waals surface area contributed by atoms with E-state index in [2.05, 4.69) is 4.84 Å². The Kier molecular flexibility index (Phi) is 4.25. The third-order valence-corrected chi connectivity index (χ3v) is 1.53. The van der Waals surface area contributed by atoms with Gasteiger partial charge in [-0.2, -0.15) is 0 Å². The van der Waals surface area contributed by atoms with Gasteiger partial charge in [0.2, 0.25) is 0 Å². The fourth-order valence-corrected chi connectivity index (χ4v) is 0.942. The third kappa shape index (κ3) is 3.42. The normalized spacial score (nSPS) is 10.0. The molecular weight excluding hydrogens is 170 g/mol. The Morgan fingerprint density at radius 2 is 1.92 bits per heavy atom. The fraction of sp³-hybridized carbons (Fsp3) is 0.333. The van der Waals surface area contributed by atoms with E-state index in [1.54, 1.807) is 0 Å². The monoisotopic (exact) mass is 183 g/mol. The second-order valence-electron chi connectivity index (χ2n) is 2.53. The molecule has 1 aromatic rings. The minimum Gasteiger partial charge on any atom is -0.491 e. The van der Waals surface area contributed by atoms with Crippen LogP contribution in [-0.2, 0) is 11.4 Å². The molecule has 1 aromatic carbocycles. The van der Waals surface area contributed by atoms with Crippen LogP contribution in [0.25, 0.3) is 0 Å². The Hall–Kier alpha value is -1.10. The first kappa shape index (κ1) is 9.98. The average molecular weight is 183 g/mol. The van der Waals surface area contributed by atoms with Gasteiger partial charge in [0.15, 0.2) is 0 Å². The number of aliphatic hydroxyl groups is 1. The predicted octanol–water partition coefficient (Wildman–Crippen LogP) is 0.448. The molecule has 0 saturated carbocycles. The Morgan fingerprint density at radius 3 is 2.46 bits per heavy atom. The van der Waals surface area contributed by atoms with E-state index >= 15 is 0 Å². The highest BCUT2D eigenvalue weighted by molar-refractivity contribution is 5.26. The number of hydrogen-bond acceptors (Lipinski definition) is 4. The zero-order valence-electron chi connectivity index (χ0n) is 7.27. The van der Waals surface area contributed by atoms with E-state index in [4.69, 9.17) is 15.7 Å². The van der Waals surface area contributed by atoms with Crippen molar-refractivity contribution >= 4 is 0 Å². The van der Waals surface area contributed by atoms with Gasteiger partial charge in [0.25, 0.3) is 0 Å². The van der Waals surface area contributed by atoms with Gasteiger partial charge in [0, 0.05) is 0 Å². The zero-order valence-corrected chi connectivity index (χ0v) is 7.27. The van der Waals surface area contributed by atoms with Gasteiger partial charge in [0.1, 0.15) is 12.4 Å². The average Bonchev–Trinajstić information content (AvgIpc) is 2.17. The van der Waals surface area contributed by atoms with Crippen LogP contribution >= 0.6 is 0 Å². The maximum Gasteiger partial charge on any atom is 0.119 e. The Labute approximate surface area is 76.8 Å². The quantitative estimate of drug-likeness (QED) is 0.650. The number of ether oxygens (including phenoxy) is 1. The predicted molar refractivity (Wildman–Crippen MR) is 48.0 cm³/mol. The lowest BCUT2D eigenvalue weighted by molar-refractivity contribution is 0.124. The standard InChI is InChI=1S/C9H13NO3/c10-13-7-8-1-3-9(4-2-8)12-6-5-11/h1-4,11H,5-7,10H2. The molecule has 0 bridgehead atoms. The highest BCUT2D eigenvalue weighted by Crippen LogP contribution is 2.12. The summed E-state index contributed by atoms with van der Waals surface area (Å²) in [5, 5.41) is 8.50. The van der Waals surface area contributed by atoms with Crippen molar-refractivity contribution in [1.82, 2.24) is 0 Å². The van der Waals surface area contributed by atoms with E-state index in [1.807, 2.05) is 24.3 Å². The second-order valence-corrected chi connectivity index (χ2v) is 2.53. The lowest BCUT2D eigenvalue weighted by Gasteiger charge is -2.04. The van der Waals surface area contributed by atoms with Gasteiger partial charge >= 0.3 is 0 Å². The van der Waals surface area contributed by atoms with Gasteiger partial charge in [-0.1, -0.05) is 12.1 Å². The Balaban J connectivity index is 2.48. The maximum absolute atomic E-state index is 8.50. The first-order valence-electron chi connectivity index (χ1n) is 4.01. The van der Waals surface area contributed by atoms with Crippen molar-refractivity contribution in [3.05, 3.63) is 29.8 Å². The second kappa shape index (κ2) is 5.53. The molecule has 0 aliphatic heterocycles. The number of nitrogens with two attached hydrogens (primary N) is 1. The molecular formula is C9H13NO3. The summed E-state index contributed by atoms with van der Waals surface area (Å²) in [6, 6.07) is 7.34. The van der Waals surface area contributed by atoms with Crippen LogP contribution in [0.15, 0.2) is 24.3 Å². The van der Waals surface area contributed by atoms with Gasteiger partial charge in [-0.3, -0.25) is 4.84 Å². The van der Waals surface area contributed by atoms with Crippen LogP contribution in [0.3, 0.4) is 0 Å². The maximum atomic E-state index is 8.50. The summed E-state index contributed by atoms with van der Waals surface area (Å²) in [6.07, 6.45) is 0. The topological polar surface area (TPSA) is 64.7 Å². The first-order chi connectivity index (χ1) is 6.36. The molecule has 0 aromatic heterocycles. The van der Waals surface area contributed by atoms with Crippen LogP contribution in [0.2, 0.25) is 0 Å². The molecule has 4 nitrogen and oxygen atoms in total. The molecule has 0 fully saturated rings. The van der Waals surface area contributed by atoms with E-state index in [-0.39, 0.29) is 6.61 Å². The number of benzene rings is 1. The van der Waals surface area contributed by atoms with E-state index in [9.17, 15) is 0 Å². The van der Waals surface area contributed by atoms with Crippen molar-refractivity contribution in [2.45, 2.75) is 6.61 Å². The molecule has 0 heterocycles. The van der Waals surface area contributed by atoms with Crippen molar-refractivity contribution in [1.29, 1.82) is 0 Å². The first-order valence-corrected chi connectivity index (χ1v) is 4.01. The third-order valence-electron chi connectivity index (χ3n) is 1.53. The number of aliphatic hydroxyl groups excluding tert-OH is 1. The molecule has 72 valence electrons.